The molecule has 1 amide bonds. The molecule has 0 unspecified atom stereocenters. The normalized spacial score (nSPS) is 10.7. The van der Waals surface area contributed by atoms with Crippen molar-refractivity contribution in [3.8, 4) is 0 Å². The highest BCUT2D eigenvalue weighted by atomic mass is 35.5. The predicted octanol–water partition coefficient (Wildman–Crippen LogP) is 3.13. The quantitative estimate of drug-likeness (QED) is 0.655. The zero-order chi connectivity index (χ0) is 19.4. The minimum absolute atomic E-state index is 0.0675. The molecule has 8 heteroatoms. The number of anilines is 1. The number of carbonyl (C=O) groups is 2. The van der Waals surface area contributed by atoms with E-state index in [0.717, 1.165) is 5.56 Å². The maximum Gasteiger partial charge on any atom is 0.419 e. The molecule has 3 rings (SSSR count). The van der Waals surface area contributed by atoms with Gasteiger partial charge in [0, 0.05) is 6.54 Å². The monoisotopic (exact) mass is 388 g/mol. The van der Waals surface area contributed by atoms with E-state index < -0.39 is 24.2 Å². The molecule has 0 saturated carbocycles. The van der Waals surface area contributed by atoms with E-state index in [1.54, 1.807) is 42.5 Å². The highest BCUT2D eigenvalue weighted by molar-refractivity contribution is 6.33. The molecule has 1 heterocycles. The highest BCUT2D eigenvalue weighted by Gasteiger charge is 2.13. The first-order valence-corrected chi connectivity index (χ1v) is 8.62. The third kappa shape index (κ3) is 4.57. The lowest BCUT2D eigenvalue weighted by Gasteiger charge is -2.09. The number of ether oxygens (including phenoxy) is 1. The smallest absolute Gasteiger partial charge is 0.419 e. The van der Waals surface area contributed by atoms with Crippen LogP contribution in [0.25, 0.3) is 11.1 Å². The van der Waals surface area contributed by atoms with Crippen LogP contribution < -0.4 is 11.1 Å². The van der Waals surface area contributed by atoms with Gasteiger partial charge in [0.2, 0.25) is 0 Å². The largest absolute Gasteiger partial charge is 0.456 e. The number of oxazole rings is 1. The van der Waals surface area contributed by atoms with Crippen molar-refractivity contribution >= 4 is 40.3 Å². The van der Waals surface area contributed by atoms with Crippen LogP contribution >= 0.6 is 11.6 Å². The fraction of sp³-hybridized carbons (Fsp3) is 0.211. The van der Waals surface area contributed by atoms with E-state index in [4.69, 9.17) is 20.8 Å². The second-order valence-corrected chi connectivity index (χ2v) is 6.34. The molecular formula is C19H17ClN2O5. The van der Waals surface area contributed by atoms with Gasteiger partial charge in [-0.25, -0.2) is 4.79 Å². The number of hydrogen-bond donors (Lipinski definition) is 1. The molecule has 0 bridgehead atoms. The van der Waals surface area contributed by atoms with Crippen molar-refractivity contribution in [1.82, 2.24) is 4.57 Å². The number of aryl methyl sites for hydroxylation is 2. The van der Waals surface area contributed by atoms with Gasteiger partial charge in [-0.3, -0.25) is 14.2 Å². The van der Waals surface area contributed by atoms with Crippen LogP contribution in [0.5, 0.6) is 0 Å². The first-order chi connectivity index (χ1) is 12.9. The fourth-order valence-corrected chi connectivity index (χ4v) is 2.84. The molecule has 7 nitrogen and oxygen atoms in total. The van der Waals surface area contributed by atoms with E-state index in [0.29, 0.717) is 21.8 Å². The molecule has 1 aromatic heterocycles. The standard InChI is InChI=1S/C19H17ClN2O5/c1-12-6-7-14(13(20)10-12)21-17(23)11-26-18(24)8-9-22-15-4-2-3-5-16(15)27-19(22)25/h2-7,10H,8-9,11H2,1H3,(H,21,23). The van der Waals surface area contributed by atoms with Crippen LogP contribution in [0.3, 0.4) is 0 Å². The second-order valence-electron chi connectivity index (χ2n) is 5.93. The minimum Gasteiger partial charge on any atom is -0.456 e. The molecule has 3 aromatic rings. The number of hydrogen-bond acceptors (Lipinski definition) is 5. The summed E-state index contributed by atoms with van der Waals surface area (Å²) in [5.74, 6) is -1.65. The summed E-state index contributed by atoms with van der Waals surface area (Å²) >= 11 is 6.04. The van der Waals surface area contributed by atoms with Crippen molar-refractivity contribution in [2.24, 2.45) is 0 Å². The van der Waals surface area contributed by atoms with Crippen molar-refractivity contribution < 1.29 is 18.7 Å². The van der Waals surface area contributed by atoms with E-state index in [1.165, 1.54) is 4.57 Å². The second kappa shape index (κ2) is 8.09. The van der Waals surface area contributed by atoms with Crippen LogP contribution in [0.4, 0.5) is 5.69 Å². The summed E-state index contributed by atoms with van der Waals surface area (Å²) < 4.78 is 11.4. The molecule has 0 saturated heterocycles. The van der Waals surface area contributed by atoms with Gasteiger partial charge >= 0.3 is 11.7 Å². The number of esters is 1. The molecular weight excluding hydrogens is 372 g/mol. The van der Waals surface area contributed by atoms with Gasteiger partial charge in [0.25, 0.3) is 5.91 Å². The number of fused-ring (bicyclic) bond motifs is 1. The number of rotatable bonds is 6. The lowest BCUT2D eigenvalue weighted by Crippen LogP contribution is -2.22. The van der Waals surface area contributed by atoms with Crippen LogP contribution in [-0.4, -0.2) is 23.1 Å². The predicted molar refractivity (Wildman–Crippen MR) is 101 cm³/mol. The average molecular weight is 389 g/mol. The summed E-state index contributed by atoms with van der Waals surface area (Å²) in [5.41, 5.74) is 2.46. The summed E-state index contributed by atoms with van der Waals surface area (Å²) in [7, 11) is 0. The Morgan fingerprint density at radius 2 is 2.00 bits per heavy atom. The van der Waals surface area contributed by atoms with Crippen molar-refractivity contribution in [2.45, 2.75) is 19.9 Å². The number of amides is 1. The van der Waals surface area contributed by atoms with Crippen molar-refractivity contribution in [1.29, 1.82) is 0 Å². The molecule has 0 aliphatic rings. The van der Waals surface area contributed by atoms with Gasteiger partial charge in [0.1, 0.15) is 0 Å². The third-order valence-electron chi connectivity index (χ3n) is 3.88. The maximum atomic E-state index is 11.9. The Morgan fingerprint density at radius 1 is 1.22 bits per heavy atom. The first kappa shape index (κ1) is 18.7. The molecule has 1 N–H and O–H groups in total. The van der Waals surface area contributed by atoms with Crippen molar-refractivity contribution in [3.63, 3.8) is 0 Å². The molecule has 140 valence electrons. The highest BCUT2D eigenvalue weighted by Crippen LogP contribution is 2.22. The Morgan fingerprint density at radius 3 is 2.78 bits per heavy atom. The number of benzene rings is 2. The van der Waals surface area contributed by atoms with Crippen molar-refractivity contribution in [3.05, 3.63) is 63.6 Å². The number of carbonyl (C=O) groups excluding carboxylic acids is 2. The van der Waals surface area contributed by atoms with Crippen LogP contribution in [0.1, 0.15) is 12.0 Å². The fourth-order valence-electron chi connectivity index (χ4n) is 2.55. The summed E-state index contributed by atoms with van der Waals surface area (Å²) in [6.45, 7) is 1.54. The summed E-state index contributed by atoms with van der Waals surface area (Å²) in [6, 6.07) is 12.1. The van der Waals surface area contributed by atoms with Gasteiger partial charge in [-0.15, -0.1) is 0 Å². The summed E-state index contributed by atoms with van der Waals surface area (Å²) in [5, 5.41) is 2.98. The lowest BCUT2D eigenvalue weighted by molar-refractivity contribution is -0.147. The van der Waals surface area contributed by atoms with Gasteiger partial charge in [0.05, 0.1) is 22.6 Å². The molecule has 27 heavy (non-hydrogen) atoms. The Labute approximate surface area is 159 Å². The van der Waals surface area contributed by atoms with Crippen LogP contribution in [0.2, 0.25) is 5.02 Å². The lowest BCUT2D eigenvalue weighted by atomic mass is 10.2. The van der Waals surface area contributed by atoms with Crippen molar-refractivity contribution in [2.75, 3.05) is 11.9 Å². The van der Waals surface area contributed by atoms with Crippen LogP contribution in [0, 0.1) is 6.92 Å². The summed E-state index contributed by atoms with van der Waals surface area (Å²) in [6.07, 6.45) is -0.0675. The van der Waals surface area contributed by atoms with Gasteiger partial charge in [0.15, 0.2) is 12.2 Å². The first-order valence-electron chi connectivity index (χ1n) is 8.24. The summed E-state index contributed by atoms with van der Waals surface area (Å²) in [4.78, 5) is 35.6. The molecule has 0 radical (unpaired) electrons. The molecule has 0 atom stereocenters. The van der Waals surface area contributed by atoms with E-state index in [1.807, 2.05) is 6.92 Å². The Hall–Kier alpha value is -3.06. The Kier molecular flexibility index (Phi) is 5.61. The van der Waals surface area contributed by atoms with Crippen LogP contribution in [0.15, 0.2) is 51.7 Å². The third-order valence-corrected chi connectivity index (χ3v) is 4.19. The topological polar surface area (TPSA) is 90.5 Å². The zero-order valence-electron chi connectivity index (χ0n) is 14.5. The Bertz CT molecular complexity index is 1050. The minimum atomic E-state index is -0.600. The van der Waals surface area contributed by atoms with E-state index in [9.17, 15) is 14.4 Å². The SMILES string of the molecule is Cc1ccc(NC(=O)COC(=O)CCn2c(=O)oc3ccccc32)c(Cl)c1. The Balaban J connectivity index is 1.51. The molecule has 0 fully saturated rings. The van der Waals surface area contributed by atoms with Gasteiger partial charge in [-0.2, -0.15) is 0 Å². The van der Waals surface area contributed by atoms with Crippen LogP contribution in [-0.2, 0) is 20.9 Å². The number of nitrogens with zero attached hydrogens (tertiary/aromatic N) is 1. The molecule has 0 aliphatic carbocycles. The van der Waals surface area contributed by atoms with Gasteiger partial charge in [-0.05, 0) is 36.8 Å². The molecule has 2 aromatic carbocycles. The van der Waals surface area contributed by atoms with Gasteiger partial charge in [-0.1, -0.05) is 29.8 Å². The molecule has 0 aliphatic heterocycles. The van der Waals surface area contributed by atoms with E-state index >= 15 is 0 Å². The van der Waals surface area contributed by atoms with E-state index in [2.05, 4.69) is 5.32 Å². The number of aromatic nitrogens is 1. The average Bonchev–Trinajstić information content (AvgIpc) is 2.95. The molecule has 0 spiro atoms. The van der Waals surface area contributed by atoms with E-state index in [-0.39, 0.29) is 13.0 Å². The number of para-hydroxylation sites is 2. The maximum absolute atomic E-state index is 11.9. The number of halogens is 1. The van der Waals surface area contributed by atoms with Gasteiger partial charge < -0.3 is 14.5 Å². The zero-order valence-corrected chi connectivity index (χ0v) is 15.3. The number of nitrogens with one attached hydrogen (secondary N) is 1.